The summed E-state index contributed by atoms with van der Waals surface area (Å²) in [5, 5.41) is 11.0. The molecule has 164 valence electrons. The minimum Gasteiger partial charge on any atom is -0.396 e. The topological polar surface area (TPSA) is 75.0 Å². The van der Waals surface area contributed by atoms with Gasteiger partial charge in [-0.25, -0.2) is 0 Å². The van der Waals surface area contributed by atoms with Crippen LogP contribution in [0.5, 0.6) is 0 Å². The van der Waals surface area contributed by atoms with Crippen molar-refractivity contribution in [3.8, 4) is 0 Å². The van der Waals surface area contributed by atoms with Crippen LogP contribution < -0.4 is 5.56 Å². The minimum absolute atomic E-state index is 0.0377. The van der Waals surface area contributed by atoms with E-state index in [0.717, 1.165) is 11.3 Å². The van der Waals surface area contributed by atoms with Gasteiger partial charge in [0, 0.05) is 61.5 Å². The zero-order valence-corrected chi connectivity index (χ0v) is 17.9. The predicted octanol–water partition coefficient (Wildman–Crippen LogP) is 1.52. The fraction of sp³-hybridized carbons (Fsp3) is 0.478. The standard InChI is InChI=1S/C23H26ClN3O4/c24-16-4-1-3-15(11-16)12-27-19-13-26-18(5-2-6-20(26)29)22(27)21(17(19)14-28)23(30)25-7-9-31-10-8-25/h1-6,11,17,19,21-22,28H,7-10,12-14H2/t17-,19-,21+,22+/m0/s1. The highest BCUT2D eigenvalue weighted by Crippen LogP contribution is 2.49. The van der Waals surface area contributed by atoms with Gasteiger partial charge in [0.05, 0.1) is 25.2 Å². The second kappa shape index (κ2) is 8.39. The number of morpholine rings is 1. The summed E-state index contributed by atoms with van der Waals surface area (Å²) in [7, 11) is 0. The lowest BCUT2D eigenvalue weighted by Crippen LogP contribution is -2.47. The Balaban J connectivity index is 1.57. The van der Waals surface area contributed by atoms with Crippen molar-refractivity contribution in [2.24, 2.45) is 11.8 Å². The average molecular weight is 444 g/mol. The first-order valence-corrected chi connectivity index (χ1v) is 11.1. The molecule has 31 heavy (non-hydrogen) atoms. The van der Waals surface area contributed by atoms with Gasteiger partial charge in [0.15, 0.2) is 0 Å². The number of ether oxygens (including phenoxy) is 1. The first-order valence-electron chi connectivity index (χ1n) is 10.8. The molecule has 3 aliphatic heterocycles. The molecule has 0 saturated carbocycles. The Morgan fingerprint density at radius 2 is 1.94 bits per heavy atom. The third-order valence-electron chi connectivity index (χ3n) is 6.91. The molecule has 1 N–H and O–H groups in total. The largest absolute Gasteiger partial charge is 0.396 e. The molecule has 2 fully saturated rings. The van der Waals surface area contributed by atoms with Crippen LogP contribution in [-0.4, -0.2) is 64.3 Å². The molecule has 2 aromatic rings. The fourth-order valence-corrected chi connectivity index (χ4v) is 5.73. The first-order chi connectivity index (χ1) is 15.1. The molecule has 4 atom stereocenters. The third kappa shape index (κ3) is 3.59. The first kappa shape index (κ1) is 20.7. The van der Waals surface area contributed by atoms with Crippen molar-refractivity contribution in [3.05, 3.63) is 69.1 Å². The number of aliphatic hydroxyl groups is 1. The van der Waals surface area contributed by atoms with Crippen LogP contribution in [0, 0.1) is 11.8 Å². The minimum atomic E-state index is -0.414. The van der Waals surface area contributed by atoms with E-state index in [4.69, 9.17) is 16.3 Å². The van der Waals surface area contributed by atoms with E-state index in [-0.39, 0.29) is 36.1 Å². The lowest BCUT2D eigenvalue weighted by atomic mass is 9.86. The van der Waals surface area contributed by atoms with Crippen LogP contribution in [0.4, 0.5) is 0 Å². The smallest absolute Gasteiger partial charge is 0.250 e. The molecular weight excluding hydrogens is 418 g/mol. The Bertz CT molecular complexity index is 1040. The van der Waals surface area contributed by atoms with Crippen molar-refractivity contribution in [2.75, 3.05) is 32.9 Å². The van der Waals surface area contributed by atoms with Gasteiger partial charge in [-0.15, -0.1) is 0 Å². The molecule has 0 unspecified atom stereocenters. The maximum absolute atomic E-state index is 13.7. The van der Waals surface area contributed by atoms with Gasteiger partial charge in [-0.2, -0.15) is 0 Å². The summed E-state index contributed by atoms with van der Waals surface area (Å²) in [4.78, 5) is 30.4. The molecular formula is C23H26ClN3O4. The van der Waals surface area contributed by atoms with Gasteiger partial charge < -0.3 is 19.3 Å². The van der Waals surface area contributed by atoms with E-state index in [9.17, 15) is 14.7 Å². The van der Waals surface area contributed by atoms with Crippen molar-refractivity contribution < 1.29 is 14.6 Å². The highest BCUT2D eigenvalue weighted by molar-refractivity contribution is 6.30. The molecule has 0 radical (unpaired) electrons. The fourth-order valence-electron chi connectivity index (χ4n) is 5.51. The number of carbonyl (C=O) groups is 1. The number of fused-ring (bicyclic) bond motifs is 4. The molecule has 0 spiro atoms. The maximum atomic E-state index is 13.7. The van der Waals surface area contributed by atoms with Crippen LogP contribution in [-0.2, 0) is 22.6 Å². The Kier molecular flexibility index (Phi) is 5.60. The molecule has 8 heteroatoms. The number of pyridine rings is 1. The molecule has 3 aliphatic rings. The third-order valence-corrected chi connectivity index (χ3v) is 7.14. The predicted molar refractivity (Wildman–Crippen MR) is 116 cm³/mol. The van der Waals surface area contributed by atoms with Gasteiger partial charge in [-0.3, -0.25) is 14.5 Å². The number of benzene rings is 1. The van der Waals surface area contributed by atoms with Crippen molar-refractivity contribution in [3.63, 3.8) is 0 Å². The molecule has 4 heterocycles. The summed E-state index contributed by atoms with van der Waals surface area (Å²) in [5.41, 5.74) is 1.82. The van der Waals surface area contributed by atoms with Crippen molar-refractivity contribution in [1.29, 1.82) is 0 Å². The summed E-state index contributed by atoms with van der Waals surface area (Å²) in [6, 6.07) is 12.6. The second-order valence-electron chi connectivity index (χ2n) is 8.52. The lowest BCUT2D eigenvalue weighted by molar-refractivity contribution is -0.142. The SMILES string of the molecule is O=C([C@@H]1[C@@H](CO)[C@@H]2Cn3c(cccc3=O)[C@H]1N2Cc1cccc(Cl)c1)N1CCOCC1. The molecule has 1 aromatic heterocycles. The number of nitrogens with zero attached hydrogens (tertiary/aromatic N) is 3. The van der Waals surface area contributed by atoms with Crippen LogP contribution in [0.2, 0.25) is 5.02 Å². The van der Waals surface area contributed by atoms with E-state index in [1.165, 1.54) is 0 Å². The molecule has 1 aromatic carbocycles. The number of aliphatic hydroxyl groups excluding tert-OH is 1. The average Bonchev–Trinajstić information content (AvgIpc) is 2.98. The number of hydrogen-bond donors (Lipinski definition) is 1. The monoisotopic (exact) mass is 443 g/mol. The van der Waals surface area contributed by atoms with Crippen molar-refractivity contribution in [1.82, 2.24) is 14.4 Å². The number of aromatic nitrogens is 1. The molecule has 1 amide bonds. The van der Waals surface area contributed by atoms with Crippen LogP contribution >= 0.6 is 11.6 Å². The van der Waals surface area contributed by atoms with E-state index < -0.39 is 5.92 Å². The molecule has 7 nitrogen and oxygen atoms in total. The van der Waals surface area contributed by atoms with Gasteiger partial charge in [0.1, 0.15) is 0 Å². The number of amides is 1. The normalized spacial score (nSPS) is 27.9. The summed E-state index contributed by atoms with van der Waals surface area (Å²) >= 11 is 6.21. The number of rotatable bonds is 4. The molecule has 0 aliphatic carbocycles. The Morgan fingerprint density at radius 3 is 2.68 bits per heavy atom. The van der Waals surface area contributed by atoms with Crippen LogP contribution in [0.1, 0.15) is 17.3 Å². The summed E-state index contributed by atoms with van der Waals surface area (Å²) in [5.74, 6) is -0.627. The van der Waals surface area contributed by atoms with E-state index in [1.807, 2.05) is 35.2 Å². The zero-order chi connectivity index (χ0) is 21.5. The van der Waals surface area contributed by atoms with E-state index in [1.54, 1.807) is 16.7 Å². The van der Waals surface area contributed by atoms with Gasteiger partial charge in [0.25, 0.3) is 5.56 Å². The summed E-state index contributed by atoms with van der Waals surface area (Å²) in [6.07, 6.45) is 0. The van der Waals surface area contributed by atoms with Gasteiger partial charge in [0.2, 0.25) is 5.91 Å². The van der Waals surface area contributed by atoms with Crippen LogP contribution in [0.3, 0.4) is 0 Å². The number of carbonyl (C=O) groups excluding carboxylic acids is 1. The van der Waals surface area contributed by atoms with Gasteiger partial charge >= 0.3 is 0 Å². The lowest BCUT2D eigenvalue weighted by Gasteiger charge is -2.38. The summed E-state index contributed by atoms with van der Waals surface area (Å²) in [6.45, 7) is 3.13. The Morgan fingerprint density at radius 1 is 1.16 bits per heavy atom. The van der Waals surface area contributed by atoms with E-state index in [0.29, 0.717) is 44.4 Å². The Labute approximate surface area is 185 Å². The quantitative estimate of drug-likeness (QED) is 0.775. The van der Waals surface area contributed by atoms with Gasteiger partial charge in [-0.1, -0.05) is 29.8 Å². The molecule has 5 rings (SSSR count). The van der Waals surface area contributed by atoms with Gasteiger partial charge in [-0.05, 0) is 23.8 Å². The highest BCUT2D eigenvalue weighted by Gasteiger charge is 2.56. The van der Waals surface area contributed by atoms with Crippen molar-refractivity contribution in [2.45, 2.75) is 25.2 Å². The molecule has 2 bridgehead atoms. The molecule has 2 saturated heterocycles. The van der Waals surface area contributed by atoms with Crippen LogP contribution in [0.15, 0.2) is 47.3 Å². The van der Waals surface area contributed by atoms with E-state index in [2.05, 4.69) is 4.90 Å². The number of hydrogen-bond acceptors (Lipinski definition) is 5. The second-order valence-corrected chi connectivity index (χ2v) is 8.96. The van der Waals surface area contributed by atoms with Crippen molar-refractivity contribution >= 4 is 17.5 Å². The van der Waals surface area contributed by atoms with E-state index >= 15 is 0 Å². The highest BCUT2D eigenvalue weighted by atomic mass is 35.5. The summed E-state index contributed by atoms with van der Waals surface area (Å²) < 4.78 is 7.20. The number of halogens is 1. The Hall–Kier alpha value is -2.19. The maximum Gasteiger partial charge on any atom is 0.250 e. The zero-order valence-electron chi connectivity index (χ0n) is 17.2. The van der Waals surface area contributed by atoms with Crippen LogP contribution in [0.25, 0.3) is 0 Å².